The molecule has 0 saturated heterocycles. The lowest BCUT2D eigenvalue weighted by atomic mass is 10.2. The molecule has 0 atom stereocenters. The van der Waals surface area contributed by atoms with Gasteiger partial charge in [-0.25, -0.2) is 9.18 Å². The summed E-state index contributed by atoms with van der Waals surface area (Å²) in [5.74, 6) is -0.497. The molecule has 0 amide bonds. The first-order chi connectivity index (χ1) is 9.60. The van der Waals surface area contributed by atoms with Crippen LogP contribution in [0.1, 0.15) is 15.9 Å². The van der Waals surface area contributed by atoms with Crippen LogP contribution in [0.3, 0.4) is 0 Å². The van der Waals surface area contributed by atoms with Crippen molar-refractivity contribution in [1.29, 1.82) is 0 Å². The quantitative estimate of drug-likeness (QED) is 0.851. The van der Waals surface area contributed by atoms with E-state index in [2.05, 4.69) is 0 Å². The van der Waals surface area contributed by atoms with Gasteiger partial charge in [-0.15, -0.1) is 11.8 Å². The number of methoxy groups -OCH3 is 1. The van der Waals surface area contributed by atoms with Gasteiger partial charge in [0.25, 0.3) is 0 Å². The fourth-order valence-corrected chi connectivity index (χ4v) is 2.50. The third-order valence-electron chi connectivity index (χ3n) is 2.72. The van der Waals surface area contributed by atoms with E-state index in [4.69, 9.17) is 9.84 Å². The second kappa shape index (κ2) is 6.43. The monoisotopic (exact) mass is 292 g/mol. The Labute approximate surface area is 120 Å². The molecule has 2 aromatic rings. The first kappa shape index (κ1) is 14.4. The lowest BCUT2D eigenvalue weighted by Gasteiger charge is -2.05. The van der Waals surface area contributed by atoms with Gasteiger partial charge in [-0.3, -0.25) is 0 Å². The highest BCUT2D eigenvalue weighted by atomic mass is 32.2. The smallest absolute Gasteiger partial charge is 0.335 e. The van der Waals surface area contributed by atoms with Gasteiger partial charge in [0, 0.05) is 10.6 Å². The molecule has 104 valence electrons. The molecule has 0 bridgehead atoms. The van der Waals surface area contributed by atoms with Crippen LogP contribution in [0.2, 0.25) is 0 Å². The second-order valence-electron chi connectivity index (χ2n) is 4.09. The van der Waals surface area contributed by atoms with Crippen molar-refractivity contribution in [2.45, 2.75) is 10.6 Å². The van der Waals surface area contributed by atoms with Crippen molar-refractivity contribution in [2.24, 2.45) is 0 Å². The van der Waals surface area contributed by atoms with E-state index in [1.807, 2.05) is 0 Å². The van der Waals surface area contributed by atoms with E-state index in [0.717, 1.165) is 10.5 Å². The van der Waals surface area contributed by atoms with Gasteiger partial charge < -0.3 is 9.84 Å². The fraction of sp³-hybridized carbons (Fsp3) is 0.133. The summed E-state index contributed by atoms with van der Waals surface area (Å²) < 4.78 is 18.4. The van der Waals surface area contributed by atoms with Gasteiger partial charge in [0.2, 0.25) is 0 Å². The number of carboxylic acids is 1. The van der Waals surface area contributed by atoms with Crippen molar-refractivity contribution < 1.29 is 19.0 Å². The van der Waals surface area contributed by atoms with E-state index in [-0.39, 0.29) is 17.1 Å². The van der Waals surface area contributed by atoms with E-state index in [1.165, 1.54) is 24.9 Å². The second-order valence-corrected chi connectivity index (χ2v) is 5.14. The van der Waals surface area contributed by atoms with Crippen LogP contribution in [-0.4, -0.2) is 18.2 Å². The van der Waals surface area contributed by atoms with Crippen LogP contribution in [0.15, 0.2) is 47.4 Å². The van der Waals surface area contributed by atoms with Crippen LogP contribution in [0.4, 0.5) is 4.39 Å². The predicted molar refractivity (Wildman–Crippen MR) is 75.9 cm³/mol. The molecule has 2 aromatic carbocycles. The maximum Gasteiger partial charge on any atom is 0.335 e. The molecule has 0 heterocycles. The molecule has 5 heteroatoms. The Bertz CT molecular complexity index is 611. The molecule has 1 N–H and O–H groups in total. The fourth-order valence-electron chi connectivity index (χ4n) is 1.66. The SMILES string of the molecule is COc1ccc(CSc2ccc(C(=O)O)cc2)cc1F. The lowest BCUT2D eigenvalue weighted by Crippen LogP contribution is -1.94. The third kappa shape index (κ3) is 3.51. The molecule has 0 radical (unpaired) electrons. The van der Waals surface area contributed by atoms with E-state index < -0.39 is 5.97 Å². The molecular formula is C15H13FO3S. The summed E-state index contributed by atoms with van der Waals surface area (Å²) in [6, 6.07) is 11.4. The number of carboxylic acid groups (broad SMARTS) is 1. The van der Waals surface area contributed by atoms with Crippen LogP contribution in [-0.2, 0) is 5.75 Å². The third-order valence-corrected chi connectivity index (χ3v) is 3.81. The standard InChI is InChI=1S/C15H13FO3S/c1-19-14-7-2-10(8-13(14)16)9-20-12-5-3-11(4-6-12)15(17)18/h2-8H,9H2,1H3,(H,17,18). The molecule has 20 heavy (non-hydrogen) atoms. The predicted octanol–water partition coefficient (Wildman–Crippen LogP) is 3.82. The Morgan fingerprint density at radius 1 is 1.25 bits per heavy atom. The molecule has 3 nitrogen and oxygen atoms in total. The highest BCUT2D eigenvalue weighted by molar-refractivity contribution is 7.98. The molecule has 0 aliphatic rings. The summed E-state index contributed by atoms with van der Waals surface area (Å²) in [4.78, 5) is 11.7. The molecule has 2 rings (SSSR count). The maximum absolute atomic E-state index is 13.5. The van der Waals surface area contributed by atoms with Crippen molar-refractivity contribution in [3.8, 4) is 5.75 Å². The van der Waals surface area contributed by atoms with Gasteiger partial charge in [-0.1, -0.05) is 6.07 Å². The molecular weight excluding hydrogens is 279 g/mol. The normalized spacial score (nSPS) is 10.3. The minimum absolute atomic E-state index is 0.226. The zero-order chi connectivity index (χ0) is 14.5. The average Bonchev–Trinajstić information content (AvgIpc) is 2.45. The van der Waals surface area contributed by atoms with E-state index in [1.54, 1.807) is 36.4 Å². The zero-order valence-corrected chi connectivity index (χ0v) is 11.6. The van der Waals surface area contributed by atoms with Crippen molar-refractivity contribution >= 4 is 17.7 Å². The summed E-state index contributed by atoms with van der Waals surface area (Å²) in [6.07, 6.45) is 0. The van der Waals surface area contributed by atoms with Crippen LogP contribution >= 0.6 is 11.8 Å². The Kier molecular flexibility index (Phi) is 4.63. The topological polar surface area (TPSA) is 46.5 Å². The summed E-state index contributed by atoms with van der Waals surface area (Å²) in [5.41, 5.74) is 1.10. The van der Waals surface area contributed by atoms with Crippen molar-refractivity contribution in [3.05, 3.63) is 59.4 Å². The van der Waals surface area contributed by atoms with Gasteiger partial charge in [-0.2, -0.15) is 0 Å². The largest absolute Gasteiger partial charge is 0.494 e. The number of thioether (sulfide) groups is 1. The summed E-state index contributed by atoms with van der Waals surface area (Å²) in [5, 5.41) is 8.80. The Morgan fingerprint density at radius 2 is 1.95 bits per heavy atom. The number of rotatable bonds is 5. The van der Waals surface area contributed by atoms with Gasteiger partial charge in [-0.05, 0) is 42.0 Å². The van der Waals surface area contributed by atoms with Crippen molar-refractivity contribution in [3.63, 3.8) is 0 Å². The number of hydrogen-bond donors (Lipinski definition) is 1. The molecule has 0 unspecified atom stereocenters. The molecule has 0 spiro atoms. The number of halogens is 1. The summed E-state index contributed by atoms with van der Waals surface area (Å²) in [7, 11) is 1.43. The average molecular weight is 292 g/mol. The van der Waals surface area contributed by atoms with Gasteiger partial charge in [0.15, 0.2) is 11.6 Å². The zero-order valence-electron chi connectivity index (χ0n) is 10.8. The maximum atomic E-state index is 13.5. The lowest BCUT2D eigenvalue weighted by molar-refractivity contribution is 0.0697. The highest BCUT2D eigenvalue weighted by Gasteiger charge is 2.05. The molecule has 0 fully saturated rings. The highest BCUT2D eigenvalue weighted by Crippen LogP contribution is 2.25. The summed E-state index contributed by atoms with van der Waals surface area (Å²) in [6.45, 7) is 0. The Hall–Kier alpha value is -2.01. The van der Waals surface area contributed by atoms with E-state index in [9.17, 15) is 9.18 Å². The summed E-state index contributed by atoms with van der Waals surface area (Å²) >= 11 is 1.52. The molecule has 0 aliphatic heterocycles. The van der Waals surface area contributed by atoms with Gasteiger partial charge in [0.1, 0.15) is 0 Å². The van der Waals surface area contributed by atoms with Crippen LogP contribution in [0.5, 0.6) is 5.75 Å². The number of carbonyl (C=O) groups is 1. The van der Waals surface area contributed by atoms with Crippen LogP contribution in [0.25, 0.3) is 0 Å². The Balaban J connectivity index is 2.01. The first-order valence-electron chi connectivity index (χ1n) is 5.88. The number of hydrogen-bond acceptors (Lipinski definition) is 3. The minimum Gasteiger partial charge on any atom is -0.494 e. The number of aromatic carboxylic acids is 1. The van der Waals surface area contributed by atoms with E-state index >= 15 is 0 Å². The first-order valence-corrected chi connectivity index (χ1v) is 6.87. The van der Waals surface area contributed by atoms with Crippen LogP contribution in [0, 0.1) is 5.82 Å². The van der Waals surface area contributed by atoms with Crippen molar-refractivity contribution in [1.82, 2.24) is 0 Å². The minimum atomic E-state index is -0.946. The molecule has 0 saturated carbocycles. The molecule has 0 aliphatic carbocycles. The van der Waals surface area contributed by atoms with Crippen molar-refractivity contribution in [2.75, 3.05) is 7.11 Å². The Morgan fingerprint density at radius 3 is 2.50 bits per heavy atom. The van der Waals surface area contributed by atoms with E-state index in [0.29, 0.717) is 5.75 Å². The number of ether oxygens (including phenoxy) is 1. The molecule has 0 aromatic heterocycles. The van der Waals surface area contributed by atoms with Crippen LogP contribution < -0.4 is 4.74 Å². The van der Waals surface area contributed by atoms with Gasteiger partial charge in [0.05, 0.1) is 12.7 Å². The number of benzene rings is 2. The van der Waals surface area contributed by atoms with Gasteiger partial charge >= 0.3 is 5.97 Å².